The molecule has 0 bridgehead atoms. The minimum Gasteiger partial charge on any atom is -0.508 e. The molecule has 0 spiro atoms. The van der Waals surface area contributed by atoms with Crippen LogP contribution >= 0.6 is 11.8 Å². The molecule has 1 amide bonds. The highest BCUT2D eigenvalue weighted by Gasteiger charge is 2.15. The first kappa shape index (κ1) is 27.0. The van der Waals surface area contributed by atoms with E-state index in [9.17, 15) is 9.90 Å². The van der Waals surface area contributed by atoms with E-state index in [2.05, 4.69) is 34.4 Å². The van der Waals surface area contributed by atoms with E-state index < -0.39 is 0 Å². The molecule has 5 aromatic rings. The van der Waals surface area contributed by atoms with Crippen molar-refractivity contribution in [3.63, 3.8) is 0 Å². The molecule has 0 saturated heterocycles. The summed E-state index contributed by atoms with van der Waals surface area (Å²) in [6.45, 7) is 5.98. The van der Waals surface area contributed by atoms with Crippen LogP contribution in [0.15, 0.2) is 88.9 Å². The van der Waals surface area contributed by atoms with Gasteiger partial charge in [-0.15, -0.1) is 0 Å². The smallest absolute Gasteiger partial charge is 0.255 e. The van der Waals surface area contributed by atoms with Crippen molar-refractivity contribution >= 4 is 45.9 Å². The molecule has 0 fully saturated rings. The average molecular weight is 552 g/mol. The fourth-order valence-corrected chi connectivity index (χ4v) is 4.91. The fraction of sp³-hybridized carbons (Fsp3) is 0.161. The Hall–Kier alpha value is -4.63. The van der Waals surface area contributed by atoms with Crippen molar-refractivity contribution in [1.29, 1.82) is 0 Å². The normalized spacial score (nSPS) is 11.0. The average Bonchev–Trinajstić information content (AvgIpc) is 2.96. The summed E-state index contributed by atoms with van der Waals surface area (Å²) >= 11 is 1.55. The van der Waals surface area contributed by atoms with Crippen LogP contribution in [-0.2, 0) is 0 Å². The van der Waals surface area contributed by atoms with Gasteiger partial charge < -0.3 is 20.5 Å². The first-order valence-corrected chi connectivity index (χ1v) is 13.6. The van der Waals surface area contributed by atoms with Crippen molar-refractivity contribution < 1.29 is 14.6 Å². The number of benzene rings is 3. The minimum absolute atomic E-state index is 0.122. The van der Waals surface area contributed by atoms with Crippen LogP contribution in [0.1, 0.15) is 41.4 Å². The number of phenolic OH excluding ortho intramolecular Hbond substituents is 1. The van der Waals surface area contributed by atoms with Crippen molar-refractivity contribution in [3.8, 4) is 11.5 Å². The standard InChI is InChI=1S/C31H29N5O3S/c1-18(2)25-13-12-24-29(35-25)32-17-33-30(24)36-26-15-20(31(38)34-21-7-5-19(3)27(37)16-21)6-14-28(26)40-23-10-8-22(39-4)9-11-23/h5-18,37H,1-4H3,(H,34,38)(H,32,33,35,36). The topological polar surface area (TPSA) is 109 Å². The van der Waals surface area contributed by atoms with E-state index in [1.54, 1.807) is 50.1 Å². The van der Waals surface area contributed by atoms with Gasteiger partial charge in [0.15, 0.2) is 5.65 Å². The third-order valence-corrected chi connectivity index (χ3v) is 7.44. The lowest BCUT2D eigenvalue weighted by molar-refractivity contribution is 0.102. The highest BCUT2D eigenvalue weighted by molar-refractivity contribution is 7.99. The van der Waals surface area contributed by atoms with Crippen molar-refractivity contribution in [2.75, 3.05) is 17.7 Å². The molecular formula is C31H29N5O3S. The number of methoxy groups -OCH3 is 1. The quantitative estimate of drug-likeness (QED) is 0.184. The Morgan fingerprint density at radius 3 is 2.50 bits per heavy atom. The third kappa shape index (κ3) is 6.00. The second-order valence-corrected chi connectivity index (χ2v) is 10.7. The maximum atomic E-state index is 13.2. The van der Waals surface area contributed by atoms with E-state index in [0.29, 0.717) is 28.4 Å². The molecule has 0 aliphatic heterocycles. The highest BCUT2D eigenvalue weighted by Crippen LogP contribution is 2.37. The largest absolute Gasteiger partial charge is 0.508 e. The molecule has 5 rings (SSSR count). The van der Waals surface area contributed by atoms with Gasteiger partial charge in [-0.1, -0.05) is 31.7 Å². The maximum absolute atomic E-state index is 13.2. The fourth-order valence-electron chi connectivity index (χ4n) is 4.02. The number of nitrogens with one attached hydrogen (secondary N) is 2. The molecule has 0 saturated carbocycles. The molecule has 0 aliphatic rings. The molecule has 0 atom stereocenters. The Morgan fingerprint density at radius 1 is 0.975 bits per heavy atom. The van der Waals surface area contributed by atoms with Crippen LogP contribution < -0.4 is 15.4 Å². The van der Waals surface area contributed by atoms with Gasteiger partial charge in [-0.25, -0.2) is 15.0 Å². The number of aromatic nitrogens is 3. The highest BCUT2D eigenvalue weighted by atomic mass is 32.2. The second kappa shape index (κ2) is 11.6. The van der Waals surface area contributed by atoms with Gasteiger partial charge in [0.2, 0.25) is 0 Å². The monoisotopic (exact) mass is 551 g/mol. The van der Waals surface area contributed by atoms with Crippen LogP contribution in [0.2, 0.25) is 0 Å². The van der Waals surface area contributed by atoms with Crippen LogP contribution in [0.4, 0.5) is 17.2 Å². The number of hydrogen-bond acceptors (Lipinski definition) is 8. The number of pyridine rings is 1. The molecule has 8 nitrogen and oxygen atoms in total. The number of carbonyl (C=O) groups is 1. The Balaban J connectivity index is 1.51. The zero-order valence-corrected chi connectivity index (χ0v) is 23.4. The Bertz CT molecular complexity index is 1690. The van der Waals surface area contributed by atoms with Crippen LogP contribution in [0.25, 0.3) is 11.0 Å². The minimum atomic E-state index is -0.303. The van der Waals surface area contributed by atoms with Gasteiger partial charge in [-0.2, -0.15) is 0 Å². The number of anilines is 3. The molecule has 202 valence electrons. The predicted molar refractivity (Wildman–Crippen MR) is 159 cm³/mol. The van der Waals surface area contributed by atoms with E-state index in [1.807, 2.05) is 42.5 Å². The van der Waals surface area contributed by atoms with E-state index in [1.165, 1.54) is 12.4 Å². The van der Waals surface area contributed by atoms with Gasteiger partial charge in [-0.3, -0.25) is 4.79 Å². The summed E-state index contributed by atoms with van der Waals surface area (Å²) in [5, 5.41) is 17.1. The number of hydrogen-bond donors (Lipinski definition) is 3. The third-order valence-electron chi connectivity index (χ3n) is 6.36. The first-order valence-electron chi connectivity index (χ1n) is 12.8. The molecule has 0 aliphatic carbocycles. The molecular weight excluding hydrogens is 522 g/mol. The number of nitrogens with zero attached hydrogens (tertiary/aromatic N) is 3. The lowest BCUT2D eigenvalue weighted by Gasteiger charge is -2.15. The van der Waals surface area contributed by atoms with Crippen molar-refractivity contribution in [3.05, 3.63) is 95.9 Å². The van der Waals surface area contributed by atoms with E-state index >= 15 is 0 Å². The number of carbonyl (C=O) groups excluding carboxylic acids is 1. The van der Waals surface area contributed by atoms with Gasteiger partial charge in [0.05, 0.1) is 18.2 Å². The van der Waals surface area contributed by atoms with Crippen molar-refractivity contribution in [2.45, 2.75) is 36.5 Å². The lowest BCUT2D eigenvalue weighted by atomic mass is 10.1. The Kier molecular flexibility index (Phi) is 7.84. The molecule has 2 aromatic heterocycles. The summed E-state index contributed by atoms with van der Waals surface area (Å²) in [4.78, 5) is 28.7. The molecule has 3 N–H and O–H groups in total. The SMILES string of the molecule is COc1ccc(Sc2ccc(C(=O)Nc3ccc(C)c(O)c3)cc2Nc2ncnc3nc(C(C)C)ccc23)cc1. The van der Waals surface area contributed by atoms with E-state index in [4.69, 9.17) is 9.72 Å². The summed E-state index contributed by atoms with van der Waals surface area (Å²) in [5.41, 5.74) is 3.94. The Labute approximate surface area is 236 Å². The van der Waals surface area contributed by atoms with Crippen LogP contribution in [0.5, 0.6) is 11.5 Å². The molecule has 0 radical (unpaired) electrons. The van der Waals surface area contributed by atoms with Gasteiger partial charge in [0.25, 0.3) is 5.91 Å². The zero-order chi connectivity index (χ0) is 28.2. The maximum Gasteiger partial charge on any atom is 0.255 e. The number of aromatic hydroxyl groups is 1. The summed E-state index contributed by atoms with van der Waals surface area (Å²) in [7, 11) is 1.64. The molecule has 3 aromatic carbocycles. The van der Waals surface area contributed by atoms with E-state index in [0.717, 1.165) is 32.2 Å². The summed E-state index contributed by atoms with van der Waals surface area (Å²) in [5.74, 6) is 1.45. The zero-order valence-electron chi connectivity index (χ0n) is 22.6. The summed E-state index contributed by atoms with van der Waals surface area (Å²) in [6, 6.07) is 22.2. The van der Waals surface area contributed by atoms with Gasteiger partial charge in [0.1, 0.15) is 23.6 Å². The van der Waals surface area contributed by atoms with E-state index in [-0.39, 0.29) is 17.6 Å². The number of fused-ring (bicyclic) bond motifs is 1. The summed E-state index contributed by atoms with van der Waals surface area (Å²) in [6.07, 6.45) is 1.48. The number of ether oxygens (including phenoxy) is 1. The molecule has 2 heterocycles. The van der Waals surface area contributed by atoms with Crippen LogP contribution in [-0.4, -0.2) is 33.1 Å². The molecule has 9 heteroatoms. The number of aryl methyl sites for hydroxylation is 1. The first-order chi connectivity index (χ1) is 19.3. The number of amides is 1. The molecule has 40 heavy (non-hydrogen) atoms. The molecule has 0 unspecified atom stereocenters. The predicted octanol–water partition coefficient (Wildman–Crippen LogP) is 7.32. The summed E-state index contributed by atoms with van der Waals surface area (Å²) < 4.78 is 5.29. The van der Waals surface area contributed by atoms with Crippen LogP contribution in [0.3, 0.4) is 0 Å². The lowest BCUT2D eigenvalue weighted by Crippen LogP contribution is -2.12. The van der Waals surface area contributed by atoms with Gasteiger partial charge >= 0.3 is 0 Å². The number of phenols is 1. The van der Waals surface area contributed by atoms with Crippen LogP contribution in [0, 0.1) is 6.92 Å². The number of rotatable bonds is 8. The van der Waals surface area contributed by atoms with Crippen molar-refractivity contribution in [2.24, 2.45) is 0 Å². The second-order valence-electron chi connectivity index (χ2n) is 9.55. The Morgan fingerprint density at radius 2 is 1.77 bits per heavy atom. The van der Waals surface area contributed by atoms with Gasteiger partial charge in [-0.05, 0) is 79.1 Å². The van der Waals surface area contributed by atoms with Gasteiger partial charge in [0, 0.05) is 32.8 Å². The van der Waals surface area contributed by atoms with Crippen molar-refractivity contribution in [1.82, 2.24) is 15.0 Å².